The van der Waals surface area contributed by atoms with Crippen LogP contribution in [0.3, 0.4) is 0 Å². The molecule has 1 aliphatic heterocycles. The smallest absolute Gasteiger partial charge is 0.151 e. The van der Waals surface area contributed by atoms with Crippen molar-refractivity contribution >= 4 is 16.7 Å². The van der Waals surface area contributed by atoms with E-state index in [1.807, 2.05) is 23.2 Å². The summed E-state index contributed by atoms with van der Waals surface area (Å²) in [6, 6.07) is 10.0. The second-order valence-corrected chi connectivity index (χ2v) is 6.14. The van der Waals surface area contributed by atoms with Crippen molar-refractivity contribution in [2.24, 2.45) is 0 Å². The van der Waals surface area contributed by atoms with Crippen molar-refractivity contribution in [3.63, 3.8) is 0 Å². The number of anilines is 1. The van der Waals surface area contributed by atoms with Crippen LogP contribution in [0.1, 0.15) is 12.0 Å². The van der Waals surface area contributed by atoms with Crippen molar-refractivity contribution in [3.05, 3.63) is 48.3 Å². The number of hydrogen-bond acceptors (Lipinski definition) is 5. The van der Waals surface area contributed by atoms with Gasteiger partial charge in [0.2, 0.25) is 0 Å². The Morgan fingerprint density at radius 3 is 3.17 bits per heavy atom. The minimum absolute atomic E-state index is 0.0904. The van der Waals surface area contributed by atoms with Crippen LogP contribution in [0.15, 0.2) is 42.7 Å². The monoisotopic (exact) mass is 326 g/mol. The van der Waals surface area contributed by atoms with E-state index < -0.39 is 6.17 Å². The zero-order valence-corrected chi connectivity index (χ0v) is 13.2. The normalized spacial score (nSPS) is 20.8. The molecule has 1 aromatic carbocycles. The van der Waals surface area contributed by atoms with Crippen molar-refractivity contribution < 1.29 is 4.39 Å². The van der Waals surface area contributed by atoms with Crippen LogP contribution in [-0.2, 0) is 6.54 Å². The molecule has 24 heavy (non-hydrogen) atoms. The molecule has 0 saturated carbocycles. The molecule has 2 N–H and O–H groups in total. The van der Waals surface area contributed by atoms with Crippen molar-refractivity contribution in [2.75, 3.05) is 18.0 Å². The summed E-state index contributed by atoms with van der Waals surface area (Å²) in [5, 5.41) is 19.5. The topological polar surface area (TPSA) is 69.7 Å². The Labute approximate surface area is 139 Å². The highest BCUT2D eigenvalue weighted by molar-refractivity contribution is 5.78. The zero-order valence-electron chi connectivity index (χ0n) is 13.2. The Hall–Kier alpha value is -2.54. The summed E-state index contributed by atoms with van der Waals surface area (Å²) in [6.45, 7) is 1.82. The van der Waals surface area contributed by atoms with Crippen LogP contribution in [-0.4, -0.2) is 45.7 Å². The summed E-state index contributed by atoms with van der Waals surface area (Å²) in [4.78, 5) is 2.00. The van der Waals surface area contributed by atoms with Gasteiger partial charge in [0, 0.05) is 37.1 Å². The van der Waals surface area contributed by atoms with Crippen LogP contribution in [0, 0.1) is 0 Å². The van der Waals surface area contributed by atoms with Crippen LogP contribution < -0.4 is 10.2 Å². The maximum absolute atomic E-state index is 13.9. The van der Waals surface area contributed by atoms with Crippen LogP contribution in [0.2, 0.25) is 0 Å². The molecule has 7 heteroatoms. The number of H-pyrrole nitrogens is 1. The molecule has 0 spiro atoms. The van der Waals surface area contributed by atoms with Gasteiger partial charge in [-0.1, -0.05) is 12.1 Å². The van der Waals surface area contributed by atoms with E-state index in [4.69, 9.17) is 0 Å². The number of rotatable bonds is 5. The highest BCUT2D eigenvalue weighted by Crippen LogP contribution is 2.25. The van der Waals surface area contributed by atoms with Crippen LogP contribution in [0.25, 0.3) is 10.9 Å². The molecule has 2 atom stereocenters. The first kappa shape index (κ1) is 15.0. The molecule has 3 aromatic rings. The van der Waals surface area contributed by atoms with Gasteiger partial charge in [0.15, 0.2) is 5.82 Å². The number of aromatic amines is 1. The first-order chi connectivity index (χ1) is 11.8. The largest absolute Gasteiger partial charge is 0.348 e. The number of aromatic nitrogens is 4. The van der Waals surface area contributed by atoms with E-state index in [0.717, 1.165) is 23.3 Å². The summed E-state index contributed by atoms with van der Waals surface area (Å²) >= 11 is 0. The molecule has 0 radical (unpaired) electrons. The van der Waals surface area contributed by atoms with Gasteiger partial charge in [0.1, 0.15) is 6.17 Å². The van der Waals surface area contributed by atoms with Gasteiger partial charge in [-0.25, -0.2) is 4.39 Å². The second-order valence-electron chi connectivity index (χ2n) is 6.14. The van der Waals surface area contributed by atoms with Gasteiger partial charge in [-0.15, -0.1) is 5.10 Å². The zero-order chi connectivity index (χ0) is 16.4. The fourth-order valence-corrected chi connectivity index (χ4v) is 3.26. The molecule has 0 aliphatic carbocycles. The number of nitrogens with one attached hydrogen (secondary N) is 2. The van der Waals surface area contributed by atoms with Gasteiger partial charge in [-0.05, 0) is 23.8 Å². The van der Waals surface area contributed by atoms with Gasteiger partial charge in [-0.3, -0.25) is 5.10 Å². The molecular weight excluding hydrogens is 307 g/mol. The SMILES string of the molecule is F[C@H]1C[C@@H](CNCc2ccc3cn[nH]c3c2)N(c2cccnn2)C1. The number of halogens is 1. The van der Waals surface area contributed by atoms with E-state index in [-0.39, 0.29) is 6.04 Å². The minimum Gasteiger partial charge on any atom is -0.348 e. The third-order valence-corrected chi connectivity index (χ3v) is 4.43. The second kappa shape index (κ2) is 6.52. The molecule has 2 aromatic heterocycles. The van der Waals surface area contributed by atoms with E-state index in [1.165, 1.54) is 5.56 Å². The fraction of sp³-hybridized carbons (Fsp3) is 0.353. The molecule has 1 saturated heterocycles. The summed E-state index contributed by atoms with van der Waals surface area (Å²) in [5.41, 5.74) is 2.20. The van der Waals surface area contributed by atoms with Gasteiger partial charge in [-0.2, -0.15) is 10.2 Å². The Morgan fingerprint density at radius 1 is 1.33 bits per heavy atom. The summed E-state index contributed by atoms with van der Waals surface area (Å²) < 4.78 is 13.9. The Balaban J connectivity index is 1.39. The lowest BCUT2D eigenvalue weighted by Crippen LogP contribution is -2.38. The molecule has 0 amide bonds. The third kappa shape index (κ3) is 3.07. The van der Waals surface area contributed by atoms with Gasteiger partial charge < -0.3 is 10.2 Å². The molecule has 6 nitrogen and oxygen atoms in total. The highest BCUT2D eigenvalue weighted by atomic mass is 19.1. The standard InChI is InChI=1S/C17H19FN6/c18-14-7-15(24(11-14)17-2-1-5-20-23-17)10-19-8-12-3-4-13-9-21-22-16(13)6-12/h1-6,9,14-15,19H,7-8,10-11H2,(H,21,22)/t14-,15-/m0/s1. The lowest BCUT2D eigenvalue weighted by molar-refractivity contribution is 0.354. The van der Waals surface area contributed by atoms with E-state index in [2.05, 4.69) is 43.9 Å². The molecule has 1 aliphatic rings. The quantitative estimate of drug-likeness (QED) is 0.751. The summed E-state index contributed by atoms with van der Waals surface area (Å²) in [7, 11) is 0. The summed E-state index contributed by atoms with van der Waals surface area (Å²) in [6.07, 6.45) is 3.14. The first-order valence-electron chi connectivity index (χ1n) is 8.11. The van der Waals surface area contributed by atoms with Crippen LogP contribution in [0.5, 0.6) is 0 Å². The van der Waals surface area contributed by atoms with Crippen molar-refractivity contribution in [1.29, 1.82) is 0 Å². The average Bonchev–Trinajstić information content (AvgIpc) is 3.21. The van der Waals surface area contributed by atoms with Gasteiger partial charge in [0.25, 0.3) is 0 Å². The Kier molecular flexibility index (Phi) is 4.08. The number of fused-ring (bicyclic) bond motifs is 1. The van der Waals surface area contributed by atoms with Crippen LogP contribution in [0.4, 0.5) is 10.2 Å². The molecule has 4 rings (SSSR count). The molecular formula is C17H19FN6. The van der Waals surface area contributed by atoms with Crippen molar-refractivity contribution in [2.45, 2.75) is 25.2 Å². The molecule has 124 valence electrons. The van der Waals surface area contributed by atoms with E-state index in [1.54, 1.807) is 6.20 Å². The average molecular weight is 326 g/mol. The Bertz CT molecular complexity index is 805. The Morgan fingerprint density at radius 2 is 2.29 bits per heavy atom. The maximum Gasteiger partial charge on any atom is 0.151 e. The van der Waals surface area contributed by atoms with Crippen LogP contribution >= 0.6 is 0 Å². The molecule has 3 heterocycles. The number of nitrogens with zero attached hydrogens (tertiary/aromatic N) is 4. The minimum atomic E-state index is -0.819. The van der Waals surface area contributed by atoms with Gasteiger partial charge in [0.05, 0.1) is 18.3 Å². The molecule has 1 fully saturated rings. The number of benzene rings is 1. The summed E-state index contributed by atoms with van der Waals surface area (Å²) in [5.74, 6) is 0.739. The van der Waals surface area contributed by atoms with Crippen molar-refractivity contribution in [1.82, 2.24) is 25.7 Å². The van der Waals surface area contributed by atoms with E-state index >= 15 is 0 Å². The molecule has 0 unspecified atom stereocenters. The first-order valence-corrected chi connectivity index (χ1v) is 8.11. The molecule has 0 bridgehead atoms. The maximum atomic E-state index is 13.9. The van der Waals surface area contributed by atoms with Crippen molar-refractivity contribution in [3.8, 4) is 0 Å². The predicted molar refractivity (Wildman–Crippen MR) is 90.5 cm³/mol. The lowest BCUT2D eigenvalue weighted by Gasteiger charge is -2.25. The lowest BCUT2D eigenvalue weighted by atomic mass is 10.1. The van der Waals surface area contributed by atoms with E-state index in [9.17, 15) is 4.39 Å². The number of hydrogen-bond donors (Lipinski definition) is 2. The highest BCUT2D eigenvalue weighted by Gasteiger charge is 2.32. The number of alkyl halides is 1. The fourth-order valence-electron chi connectivity index (χ4n) is 3.26. The predicted octanol–water partition coefficient (Wildman–Crippen LogP) is 2.06. The third-order valence-electron chi connectivity index (χ3n) is 4.43. The van der Waals surface area contributed by atoms with Gasteiger partial charge >= 0.3 is 0 Å². The van der Waals surface area contributed by atoms with E-state index in [0.29, 0.717) is 19.5 Å².